The number of carbonyl (C=O) groups excluding carboxylic acids is 2. The molecule has 210 valence electrons. The van der Waals surface area contributed by atoms with Gasteiger partial charge in [-0.15, -0.1) is 0 Å². The minimum absolute atomic E-state index is 0.0594. The fourth-order valence-corrected chi connectivity index (χ4v) is 7.00. The Morgan fingerprint density at radius 3 is 2.62 bits per heavy atom. The molecule has 3 heterocycles. The van der Waals surface area contributed by atoms with E-state index in [0.717, 1.165) is 36.8 Å². The zero-order valence-corrected chi connectivity index (χ0v) is 23.5. The highest BCUT2D eigenvalue weighted by atomic mass is 32.2. The summed E-state index contributed by atoms with van der Waals surface area (Å²) in [5.74, 6) is -0.108. The number of ether oxygens (including phenoxy) is 1. The Balaban J connectivity index is 1.39. The second-order valence-electron chi connectivity index (χ2n) is 10.9. The van der Waals surface area contributed by atoms with Crippen LogP contribution in [-0.4, -0.2) is 67.6 Å². The molecule has 10 nitrogen and oxygen atoms in total. The topological polar surface area (TPSA) is 127 Å². The van der Waals surface area contributed by atoms with Gasteiger partial charge in [-0.2, -0.15) is 0 Å². The number of amides is 2. The van der Waals surface area contributed by atoms with Gasteiger partial charge in [0.05, 0.1) is 35.6 Å². The first kappa shape index (κ1) is 27.2. The van der Waals surface area contributed by atoms with Gasteiger partial charge in [0.2, 0.25) is 0 Å². The molecule has 2 aliphatic carbocycles. The van der Waals surface area contributed by atoms with Crippen LogP contribution in [0.25, 0.3) is 11.3 Å². The molecule has 4 aliphatic rings. The van der Waals surface area contributed by atoms with E-state index in [0.29, 0.717) is 54.4 Å². The molecule has 1 unspecified atom stereocenters. The summed E-state index contributed by atoms with van der Waals surface area (Å²) in [5, 5.41) is 6.46. The number of urea groups is 1. The predicted octanol–water partition coefficient (Wildman–Crippen LogP) is 2.18. The van der Waals surface area contributed by atoms with Crippen LogP contribution >= 0.6 is 0 Å². The van der Waals surface area contributed by atoms with Crippen LogP contribution in [0.15, 0.2) is 40.5 Å². The van der Waals surface area contributed by atoms with E-state index in [9.17, 15) is 22.8 Å². The van der Waals surface area contributed by atoms with Crippen molar-refractivity contribution in [3.05, 3.63) is 57.2 Å². The molecule has 0 spiro atoms. The third-order valence-corrected chi connectivity index (χ3v) is 8.94. The molecular weight excluding hydrogens is 520 g/mol. The second kappa shape index (κ2) is 10.7. The van der Waals surface area contributed by atoms with E-state index in [1.165, 1.54) is 10.8 Å². The molecule has 0 radical (unpaired) electrons. The van der Waals surface area contributed by atoms with Gasteiger partial charge < -0.3 is 19.9 Å². The van der Waals surface area contributed by atoms with Crippen LogP contribution in [0, 0.1) is 11.8 Å². The van der Waals surface area contributed by atoms with Gasteiger partial charge in [0, 0.05) is 44.4 Å². The molecule has 11 heteroatoms. The third-order valence-electron chi connectivity index (χ3n) is 8.10. The van der Waals surface area contributed by atoms with E-state index in [-0.39, 0.29) is 35.3 Å². The van der Waals surface area contributed by atoms with Crippen molar-refractivity contribution < 1.29 is 22.7 Å². The van der Waals surface area contributed by atoms with Crippen LogP contribution < -0.4 is 16.2 Å². The molecule has 2 aliphatic heterocycles. The molecule has 0 saturated heterocycles. The Bertz CT molecular complexity index is 1450. The fraction of sp³-hybridized carbons (Fsp3) is 0.536. The minimum Gasteiger partial charge on any atom is -0.466 e. The lowest BCUT2D eigenvalue weighted by atomic mass is 9.82. The Hall–Kier alpha value is -3.34. The molecule has 1 fully saturated rings. The highest BCUT2D eigenvalue weighted by Crippen LogP contribution is 2.42. The summed E-state index contributed by atoms with van der Waals surface area (Å²) in [7, 11) is -1.71. The maximum absolute atomic E-state index is 13.4. The van der Waals surface area contributed by atoms with Gasteiger partial charge in [-0.05, 0) is 73.8 Å². The quantitative estimate of drug-likeness (QED) is 0.514. The summed E-state index contributed by atoms with van der Waals surface area (Å²) in [6.07, 6.45) is 10.3. The van der Waals surface area contributed by atoms with Gasteiger partial charge in [-0.25, -0.2) is 13.2 Å². The Morgan fingerprint density at radius 2 is 1.92 bits per heavy atom. The SMILES string of the molecule is CCOC(=O)C1CCC(CNC(=O)N2C=C3C=C(CS(C)(=O)=O)c4ccn(C)c(=O)c4C4=C3C2CCN4)CC1. The van der Waals surface area contributed by atoms with Gasteiger partial charge in [0.1, 0.15) is 0 Å². The first-order chi connectivity index (χ1) is 18.6. The number of fused-ring (bicyclic) bond motifs is 2. The maximum Gasteiger partial charge on any atom is 0.322 e. The van der Waals surface area contributed by atoms with E-state index in [1.54, 1.807) is 30.4 Å². The monoisotopic (exact) mass is 556 g/mol. The van der Waals surface area contributed by atoms with Crippen molar-refractivity contribution in [2.45, 2.75) is 45.1 Å². The van der Waals surface area contributed by atoms with Gasteiger partial charge >= 0.3 is 12.0 Å². The van der Waals surface area contributed by atoms with Gasteiger partial charge in [0.25, 0.3) is 5.56 Å². The number of allylic oxidation sites excluding steroid dienone is 1. The van der Waals surface area contributed by atoms with Crippen molar-refractivity contribution in [1.82, 2.24) is 20.1 Å². The van der Waals surface area contributed by atoms with Crippen LogP contribution in [0.4, 0.5) is 4.79 Å². The number of hydrogen-bond acceptors (Lipinski definition) is 7. The van der Waals surface area contributed by atoms with E-state index in [4.69, 9.17) is 4.74 Å². The number of aromatic nitrogens is 1. The lowest BCUT2D eigenvalue weighted by molar-refractivity contribution is -0.149. The highest BCUT2D eigenvalue weighted by Gasteiger charge is 2.40. The summed E-state index contributed by atoms with van der Waals surface area (Å²) >= 11 is 0. The van der Waals surface area contributed by atoms with Crippen LogP contribution in [-0.2, 0) is 26.4 Å². The number of nitrogens with zero attached hydrogens (tertiary/aromatic N) is 2. The van der Waals surface area contributed by atoms with E-state index in [2.05, 4.69) is 10.6 Å². The van der Waals surface area contributed by atoms with Crippen LogP contribution in [0.5, 0.6) is 0 Å². The standard InChI is InChI=1S/C28H36N4O6S/c1-4-38-27(34)18-7-5-17(6-8-18)14-30-28(35)32-15-19-13-20(16-39(3,36)37)21-10-12-31(2)26(33)24(21)25-23(19)22(32)9-11-29-25/h10,12-13,15,17-18,22,29H,4-9,11,14,16H2,1-3H3,(H,30,35). The Kier molecular flexibility index (Phi) is 7.45. The summed E-state index contributed by atoms with van der Waals surface area (Å²) < 4.78 is 31.3. The molecule has 1 saturated carbocycles. The summed E-state index contributed by atoms with van der Waals surface area (Å²) in [5.41, 5.74) is 3.62. The molecule has 2 N–H and O–H groups in total. The smallest absolute Gasteiger partial charge is 0.322 e. The largest absolute Gasteiger partial charge is 0.466 e. The number of hydrogen-bond donors (Lipinski definition) is 2. The number of sulfone groups is 1. The van der Waals surface area contributed by atoms with Crippen molar-refractivity contribution in [1.29, 1.82) is 0 Å². The summed E-state index contributed by atoms with van der Waals surface area (Å²) in [6, 6.07) is 1.30. The number of carbonyl (C=O) groups is 2. The Labute approximate surface area is 228 Å². The lowest BCUT2D eigenvalue weighted by Gasteiger charge is -2.32. The van der Waals surface area contributed by atoms with Gasteiger partial charge in [-0.3, -0.25) is 14.5 Å². The lowest BCUT2D eigenvalue weighted by Crippen LogP contribution is -2.46. The van der Waals surface area contributed by atoms with Crippen molar-refractivity contribution in [3.8, 4) is 0 Å². The summed E-state index contributed by atoms with van der Waals surface area (Å²) in [6.45, 7) is 3.29. The first-order valence-electron chi connectivity index (χ1n) is 13.6. The number of pyridine rings is 1. The second-order valence-corrected chi connectivity index (χ2v) is 13.1. The molecule has 0 bridgehead atoms. The van der Waals surface area contributed by atoms with Gasteiger partial charge in [0.15, 0.2) is 9.84 Å². The van der Waals surface area contributed by atoms with Crippen molar-refractivity contribution >= 4 is 33.1 Å². The van der Waals surface area contributed by atoms with Crippen LogP contribution in [0.1, 0.15) is 50.2 Å². The number of aryl methyl sites for hydroxylation is 1. The number of nitrogens with one attached hydrogen (secondary N) is 2. The fourth-order valence-electron chi connectivity index (χ4n) is 6.19. The van der Waals surface area contributed by atoms with E-state index < -0.39 is 9.84 Å². The minimum atomic E-state index is -3.39. The van der Waals surface area contributed by atoms with Crippen LogP contribution in [0.2, 0.25) is 0 Å². The Morgan fingerprint density at radius 1 is 1.18 bits per heavy atom. The molecule has 0 aromatic carbocycles. The van der Waals surface area contributed by atoms with Crippen molar-refractivity contribution in [2.24, 2.45) is 18.9 Å². The highest BCUT2D eigenvalue weighted by molar-refractivity contribution is 7.91. The van der Waals surface area contributed by atoms with Crippen molar-refractivity contribution in [2.75, 3.05) is 31.7 Å². The summed E-state index contributed by atoms with van der Waals surface area (Å²) in [4.78, 5) is 40.5. The number of rotatable bonds is 6. The molecule has 1 aromatic heterocycles. The molecule has 1 aromatic rings. The number of esters is 1. The molecule has 1 atom stereocenters. The maximum atomic E-state index is 13.4. The van der Waals surface area contributed by atoms with Crippen LogP contribution in [0.3, 0.4) is 0 Å². The zero-order valence-electron chi connectivity index (χ0n) is 22.7. The van der Waals surface area contributed by atoms with Gasteiger partial charge in [-0.1, -0.05) is 0 Å². The molecule has 39 heavy (non-hydrogen) atoms. The molecular formula is C28H36N4O6S. The molecule has 5 rings (SSSR count). The van der Waals surface area contributed by atoms with E-state index >= 15 is 0 Å². The van der Waals surface area contributed by atoms with Crippen molar-refractivity contribution in [3.63, 3.8) is 0 Å². The first-order valence-corrected chi connectivity index (χ1v) is 15.6. The van der Waals surface area contributed by atoms with E-state index in [1.807, 2.05) is 13.0 Å². The predicted molar refractivity (Wildman–Crippen MR) is 148 cm³/mol. The average molecular weight is 557 g/mol. The zero-order chi connectivity index (χ0) is 27.9. The average Bonchev–Trinajstić information content (AvgIpc) is 3.20. The normalized spacial score (nSPS) is 24.1. The third kappa shape index (κ3) is 5.41. The molecule has 2 amide bonds.